The number of sulfonamides is 1. The highest BCUT2D eigenvalue weighted by atomic mass is 35.5. The molecule has 0 spiro atoms. The van der Waals surface area contributed by atoms with E-state index >= 15 is 0 Å². The highest BCUT2D eigenvalue weighted by molar-refractivity contribution is 7.92. The Balaban J connectivity index is 2.44. The van der Waals surface area contributed by atoms with Gasteiger partial charge in [0.15, 0.2) is 0 Å². The van der Waals surface area contributed by atoms with Crippen LogP contribution in [0.1, 0.15) is 11.5 Å². The van der Waals surface area contributed by atoms with Gasteiger partial charge in [-0.15, -0.1) is 0 Å². The summed E-state index contributed by atoms with van der Waals surface area (Å²) in [5.74, 6) is 0.286. The molecule has 0 atom stereocenters. The number of halogens is 3. The zero-order chi connectivity index (χ0) is 15.8. The second-order valence-electron chi connectivity index (χ2n) is 4.14. The molecule has 5 nitrogen and oxygen atoms in total. The molecule has 21 heavy (non-hydrogen) atoms. The Kier molecular flexibility index (Phi) is 4.75. The first-order valence-corrected chi connectivity index (χ1v) is 8.24. The molecule has 0 aliphatic rings. The number of hydrogen-bond donors (Lipinski definition) is 2. The van der Waals surface area contributed by atoms with Crippen LogP contribution in [-0.2, 0) is 16.6 Å². The van der Waals surface area contributed by atoms with Gasteiger partial charge >= 0.3 is 0 Å². The molecule has 0 aliphatic heterocycles. The minimum Gasteiger partial charge on any atom is -0.462 e. The summed E-state index contributed by atoms with van der Waals surface area (Å²) in [4.78, 5) is -0.103. The Hall–Kier alpha value is -0.920. The van der Waals surface area contributed by atoms with Crippen molar-refractivity contribution in [3.8, 4) is 0 Å². The van der Waals surface area contributed by atoms with Gasteiger partial charge in [-0.1, -0.05) is 34.8 Å². The minimum absolute atomic E-state index is 0.0221. The summed E-state index contributed by atoms with van der Waals surface area (Å²) < 4.78 is 32.1. The van der Waals surface area contributed by atoms with Gasteiger partial charge in [-0.2, -0.15) is 0 Å². The fourth-order valence-corrected chi connectivity index (χ4v) is 4.03. The molecule has 0 unspecified atom stereocenters. The second kappa shape index (κ2) is 6.06. The van der Waals surface area contributed by atoms with Crippen molar-refractivity contribution >= 4 is 50.5 Å². The van der Waals surface area contributed by atoms with Crippen LogP contribution in [0.25, 0.3) is 0 Å². The van der Waals surface area contributed by atoms with E-state index in [0.717, 1.165) is 0 Å². The van der Waals surface area contributed by atoms with Crippen LogP contribution in [-0.4, -0.2) is 13.5 Å². The van der Waals surface area contributed by atoms with Crippen molar-refractivity contribution in [1.29, 1.82) is 0 Å². The summed E-state index contributed by atoms with van der Waals surface area (Å²) in [6.07, 6.45) is 0. The number of aryl methyl sites for hydroxylation is 1. The summed E-state index contributed by atoms with van der Waals surface area (Å²) in [7, 11) is -3.96. The molecule has 2 rings (SSSR count). The van der Waals surface area contributed by atoms with Gasteiger partial charge in [-0.3, -0.25) is 4.72 Å². The molecule has 0 amide bonds. The largest absolute Gasteiger partial charge is 0.462 e. The first kappa shape index (κ1) is 16.5. The zero-order valence-electron chi connectivity index (χ0n) is 10.7. The molecule has 0 bridgehead atoms. The van der Waals surface area contributed by atoms with Gasteiger partial charge in [-0.25, -0.2) is 8.42 Å². The van der Waals surface area contributed by atoms with Crippen LogP contribution < -0.4 is 4.72 Å². The van der Waals surface area contributed by atoms with Crippen molar-refractivity contribution in [3.05, 3.63) is 44.8 Å². The summed E-state index contributed by atoms with van der Waals surface area (Å²) in [5, 5.41) is 9.41. The molecule has 0 saturated heterocycles. The van der Waals surface area contributed by atoms with Gasteiger partial charge in [0.25, 0.3) is 10.0 Å². The maximum atomic E-state index is 12.3. The van der Waals surface area contributed by atoms with Crippen LogP contribution in [0.5, 0.6) is 0 Å². The lowest BCUT2D eigenvalue weighted by Crippen LogP contribution is -2.14. The lowest BCUT2D eigenvalue weighted by Gasteiger charge is -2.11. The van der Waals surface area contributed by atoms with Crippen LogP contribution in [0, 0.1) is 6.92 Å². The third-order valence-electron chi connectivity index (χ3n) is 2.61. The van der Waals surface area contributed by atoms with Crippen LogP contribution in [0.2, 0.25) is 15.1 Å². The van der Waals surface area contributed by atoms with Crippen LogP contribution >= 0.6 is 34.8 Å². The fraction of sp³-hybridized carbons (Fsp3) is 0.167. The molecule has 0 aliphatic carbocycles. The number of furan rings is 1. The molecule has 1 aromatic heterocycles. The van der Waals surface area contributed by atoms with E-state index in [1.165, 1.54) is 25.1 Å². The van der Waals surface area contributed by atoms with Gasteiger partial charge in [0, 0.05) is 11.1 Å². The lowest BCUT2D eigenvalue weighted by molar-refractivity contribution is 0.245. The molecule has 9 heteroatoms. The number of rotatable bonds is 4. The van der Waals surface area contributed by atoms with Crippen molar-refractivity contribution in [2.45, 2.75) is 18.4 Å². The number of aliphatic hydroxyl groups is 1. The van der Waals surface area contributed by atoms with E-state index in [4.69, 9.17) is 44.3 Å². The normalized spacial score (nSPS) is 11.7. The average molecular weight is 371 g/mol. The number of hydrogen-bond acceptors (Lipinski definition) is 4. The molecule has 0 saturated carbocycles. The zero-order valence-corrected chi connectivity index (χ0v) is 13.7. The van der Waals surface area contributed by atoms with Gasteiger partial charge in [-0.05, 0) is 19.1 Å². The Bertz CT molecular complexity index is 763. The van der Waals surface area contributed by atoms with Crippen molar-refractivity contribution in [2.75, 3.05) is 4.72 Å². The molecule has 1 heterocycles. The Morgan fingerprint density at radius 1 is 1.19 bits per heavy atom. The Morgan fingerprint density at radius 3 is 2.24 bits per heavy atom. The Labute approximate surface area is 136 Å². The predicted molar refractivity (Wildman–Crippen MR) is 81.6 cm³/mol. The summed E-state index contributed by atoms with van der Waals surface area (Å²) >= 11 is 17.7. The number of nitrogens with one attached hydrogen (secondary N) is 1. The van der Waals surface area contributed by atoms with E-state index in [1.807, 2.05) is 0 Å². The van der Waals surface area contributed by atoms with E-state index in [0.29, 0.717) is 0 Å². The first-order valence-electron chi connectivity index (χ1n) is 5.62. The quantitative estimate of drug-likeness (QED) is 0.857. The predicted octanol–water partition coefficient (Wildman–Crippen LogP) is 3.84. The van der Waals surface area contributed by atoms with E-state index in [1.54, 1.807) is 0 Å². The summed E-state index contributed by atoms with van der Waals surface area (Å²) in [5.41, 5.74) is 0.0221. The molecule has 1 aromatic carbocycles. The van der Waals surface area contributed by atoms with Gasteiger partial charge in [0.05, 0.1) is 15.7 Å². The van der Waals surface area contributed by atoms with Gasteiger partial charge in [0.2, 0.25) is 0 Å². The van der Waals surface area contributed by atoms with Gasteiger partial charge < -0.3 is 9.52 Å². The summed E-state index contributed by atoms with van der Waals surface area (Å²) in [6, 6.07) is 3.97. The van der Waals surface area contributed by atoms with E-state index in [-0.39, 0.29) is 37.2 Å². The Morgan fingerprint density at radius 2 is 1.76 bits per heavy atom. The number of anilines is 1. The fourth-order valence-electron chi connectivity index (χ4n) is 1.70. The van der Waals surface area contributed by atoms with Gasteiger partial charge in [0.1, 0.15) is 23.0 Å². The highest BCUT2D eigenvalue weighted by Gasteiger charge is 2.23. The van der Waals surface area contributed by atoms with Crippen molar-refractivity contribution in [1.82, 2.24) is 0 Å². The van der Waals surface area contributed by atoms with Crippen LogP contribution in [0.3, 0.4) is 0 Å². The maximum absolute atomic E-state index is 12.3. The number of benzene rings is 1. The van der Waals surface area contributed by atoms with Crippen molar-refractivity contribution in [3.63, 3.8) is 0 Å². The second-order valence-corrected chi connectivity index (χ2v) is 7.04. The summed E-state index contributed by atoms with van der Waals surface area (Å²) in [6.45, 7) is 1.07. The molecular weight excluding hydrogens is 361 g/mol. The molecule has 114 valence electrons. The third-order valence-corrected chi connectivity index (χ3v) is 4.88. The van der Waals surface area contributed by atoms with Crippen molar-refractivity contribution in [2.24, 2.45) is 0 Å². The SMILES string of the molecule is Cc1oc(CO)cc1S(=O)(=O)Nc1c(Cl)cc(Cl)cc1Cl. The first-order chi connectivity index (χ1) is 9.74. The monoisotopic (exact) mass is 369 g/mol. The lowest BCUT2D eigenvalue weighted by atomic mass is 10.3. The maximum Gasteiger partial charge on any atom is 0.265 e. The third kappa shape index (κ3) is 3.46. The average Bonchev–Trinajstić information content (AvgIpc) is 2.76. The topological polar surface area (TPSA) is 79.5 Å². The van der Waals surface area contributed by atoms with Crippen LogP contribution in [0.15, 0.2) is 27.5 Å². The number of aliphatic hydroxyl groups excluding tert-OH is 1. The molecular formula is C12H10Cl3NO4S. The molecule has 2 N–H and O–H groups in total. The van der Waals surface area contributed by atoms with Crippen molar-refractivity contribution < 1.29 is 17.9 Å². The molecule has 0 fully saturated rings. The van der Waals surface area contributed by atoms with Crippen LogP contribution in [0.4, 0.5) is 5.69 Å². The molecule has 2 aromatic rings. The van der Waals surface area contributed by atoms with E-state index in [2.05, 4.69) is 4.72 Å². The van der Waals surface area contributed by atoms with E-state index in [9.17, 15) is 8.42 Å². The minimum atomic E-state index is -3.96. The highest BCUT2D eigenvalue weighted by Crippen LogP contribution is 2.35. The standard InChI is InChI=1S/C12H10Cl3NO4S/c1-6-11(4-8(5-17)20-6)21(18,19)16-12-9(14)2-7(13)3-10(12)15/h2-4,16-17H,5H2,1H3. The van der Waals surface area contributed by atoms with E-state index < -0.39 is 16.6 Å². The smallest absolute Gasteiger partial charge is 0.265 e. The molecule has 0 radical (unpaired) electrons.